The average Bonchev–Trinajstić information content (AvgIpc) is 3.12. The average molecular weight is 307 g/mol. The second kappa shape index (κ2) is 6.57. The van der Waals surface area contributed by atoms with Gasteiger partial charge in [-0.25, -0.2) is 0 Å². The van der Waals surface area contributed by atoms with Crippen LogP contribution in [0.5, 0.6) is 0 Å². The van der Waals surface area contributed by atoms with Crippen LogP contribution >= 0.6 is 11.8 Å². The molecule has 0 spiro atoms. The van der Waals surface area contributed by atoms with Crippen LogP contribution in [-0.4, -0.2) is 42.6 Å². The van der Waals surface area contributed by atoms with E-state index in [1.807, 2.05) is 0 Å². The quantitative estimate of drug-likeness (QED) is 0.836. The van der Waals surface area contributed by atoms with Crippen LogP contribution in [0.2, 0.25) is 0 Å². The molecule has 0 amide bonds. The lowest BCUT2D eigenvalue weighted by molar-refractivity contribution is 0.436. The zero-order valence-corrected chi connectivity index (χ0v) is 13.3. The number of rotatable bonds is 5. The molecule has 1 aliphatic heterocycles. The lowest BCUT2D eigenvalue weighted by atomic mass is 9.99. The van der Waals surface area contributed by atoms with Crippen molar-refractivity contribution in [2.75, 3.05) is 13.1 Å². The van der Waals surface area contributed by atoms with Gasteiger partial charge in [0.1, 0.15) is 18.0 Å². The Kier molecular flexibility index (Phi) is 4.54. The fourth-order valence-corrected chi connectivity index (χ4v) is 3.53. The van der Waals surface area contributed by atoms with E-state index in [-0.39, 0.29) is 0 Å². The molecule has 0 aromatic carbocycles. The molecule has 0 aliphatic carbocycles. The third-order valence-corrected chi connectivity index (χ3v) is 4.91. The normalized spacial score (nSPS) is 19.0. The molecule has 2 aromatic rings. The smallest absolute Gasteiger partial charge is 0.191 e. The summed E-state index contributed by atoms with van der Waals surface area (Å²) < 4.78 is 4.17. The number of hydrogen-bond acceptors (Lipinski definition) is 6. The molecule has 1 atom stereocenters. The van der Waals surface area contributed by atoms with Crippen LogP contribution in [0.3, 0.4) is 0 Å². The summed E-state index contributed by atoms with van der Waals surface area (Å²) in [4.78, 5) is 0. The third-order valence-electron chi connectivity index (χ3n) is 3.90. The van der Waals surface area contributed by atoms with Crippen LogP contribution < -0.4 is 5.32 Å². The number of thioether (sulfide) groups is 1. The lowest BCUT2D eigenvalue weighted by Gasteiger charge is -2.21. The molecular formula is C13H21N7S. The lowest BCUT2D eigenvalue weighted by Crippen LogP contribution is -2.29. The van der Waals surface area contributed by atoms with Gasteiger partial charge in [-0.2, -0.15) is 0 Å². The van der Waals surface area contributed by atoms with Gasteiger partial charge in [-0.05, 0) is 26.3 Å². The van der Waals surface area contributed by atoms with Gasteiger partial charge >= 0.3 is 0 Å². The number of nitrogens with one attached hydrogen (secondary N) is 1. The summed E-state index contributed by atoms with van der Waals surface area (Å²) in [6.07, 6.45) is 4.17. The van der Waals surface area contributed by atoms with E-state index in [2.05, 4.69) is 48.8 Å². The van der Waals surface area contributed by atoms with Gasteiger partial charge in [0.2, 0.25) is 0 Å². The van der Waals surface area contributed by atoms with Gasteiger partial charge in [0, 0.05) is 26.1 Å². The van der Waals surface area contributed by atoms with Crippen molar-refractivity contribution in [1.82, 2.24) is 34.8 Å². The van der Waals surface area contributed by atoms with Crippen molar-refractivity contribution < 1.29 is 0 Å². The van der Waals surface area contributed by atoms with Crippen LogP contribution in [0, 0.1) is 0 Å². The van der Waals surface area contributed by atoms with Gasteiger partial charge in [0.15, 0.2) is 5.16 Å². The Bertz CT molecular complexity index is 585. The van der Waals surface area contributed by atoms with Crippen LogP contribution in [0.1, 0.15) is 37.3 Å². The molecule has 1 unspecified atom stereocenters. The molecule has 1 saturated heterocycles. The van der Waals surface area contributed by atoms with Crippen molar-refractivity contribution in [2.24, 2.45) is 7.05 Å². The maximum absolute atomic E-state index is 4.39. The molecule has 2 aromatic heterocycles. The number of piperidine rings is 1. The molecule has 1 fully saturated rings. The molecular weight excluding hydrogens is 286 g/mol. The molecule has 1 N–H and O–H groups in total. The summed E-state index contributed by atoms with van der Waals surface area (Å²) in [7, 11) is 2.05. The number of aryl methyl sites for hydroxylation is 1. The van der Waals surface area contributed by atoms with Gasteiger partial charge in [-0.1, -0.05) is 11.8 Å². The van der Waals surface area contributed by atoms with E-state index in [0.29, 0.717) is 5.92 Å². The largest absolute Gasteiger partial charge is 0.317 e. The summed E-state index contributed by atoms with van der Waals surface area (Å²) in [5.74, 6) is 3.31. The van der Waals surface area contributed by atoms with Gasteiger partial charge < -0.3 is 14.5 Å². The maximum atomic E-state index is 4.39. The van der Waals surface area contributed by atoms with Gasteiger partial charge in [0.05, 0.1) is 5.75 Å². The van der Waals surface area contributed by atoms with Gasteiger partial charge in [-0.3, -0.25) is 0 Å². The van der Waals surface area contributed by atoms with E-state index >= 15 is 0 Å². The molecule has 0 bridgehead atoms. The third kappa shape index (κ3) is 3.11. The second-order valence-electron chi connectivity index (χ2n) is 5.26. The summed E-state index contributed by atoms with van der Waals surface area (Å²) in [5, 5.41) is 21.2. The Hall–Kier alpha value is -1.41. The SMILES string of the molecule is CCn1cnnc1CSc1nnc(C2CCCNC2)n1C. The number of nitrogens with zero attached hydrogens (tertiary/aromatic N) is 6. The minimum Gasteiger partial charge on any atom is -0.317 e. The predicted molar refractivity (Wildman–Crippen MR) is 81.1 cm³/mol. The van der Waals surface area contributed by atoms with Crippen LogP contribution in [0.25, 0.3) is 0 Å². The number of aromatic nitrogens is 6. The first kappa shape index (κ1) is 14.5. The predicted octanol–water partition coefficient (Wildman–Crippen LogP) is 1.19. The molecule has 1 aliphatic rings. The molecule has 114 valence electrons. The summed E-state index contributed by atoms with van der Waals surface area (Å²) in [6.45, 7) is 5.10. The molecule has 8 heteroatoms. The van der Waals surface area contributed by atoms with E-state index < -0.39 is 0 Å². The fourth-order valence-electron chi connectivity index (χ4n) is 2.66. The molecule has 3 rings (SSSR count). The Labute approximate surface area is 128 Å². The zero-order chi connectivity index (χ0) is 14.7. The van der Waals surface area contributed by atoms with Gasteiger partial charge in [-0.15, -0.1) is 20.4 Å². The van der Waals surface area contributed by atoms with Crippen LogP contribution in [0.4, 0.5) is 0 Å². The van der Waals surface area contributed by atoms with Crippen molar-refractivity contribution in [3.8, 4) is 0 Å². The first-order valence-corrected chi connectivity index (χ1v) is 8.37. The van der Waals surface area contributed by atoms with Crippen molar-refractivity contribution >= 4 is 11.8 Å². The first-order valence-electron chi connectivity index (χ1n) is 7.39. The minimum absolute atomic E-state index is 0.477. The van der Waals surface area contributed by atoms with E-state index in [0.717, 1.165) is 42.2 Å². The zero-order valence-electron chi connectivity index (χ0n) is 12.5. The Morgan fingerprint density at radius 3 is 3.05 bits per heavy atom. The molecule has 0 radical (unpaired) electrons. The Morgan fingerprint density at radius 2 is 2.29 bits per heavy atom. The minimum atomic E-state index is 0.477. The highest BCUT2D eigenvalue weighted by Crippen LogP contribution is 2.26. The van der Waals surface area contributed by atoms with Crippen LogP contribution in [-0.2, 0) is 19.3 Å². The summed E-state index contributed by atoms with van der Waals surface area (Å²) >= 11 is 1.66. The summed E-state index contributed by atoms with van der Waals surface area (Å²) in [6, 6.07) is 0. The van der Waals surface area contributed by atoms with Gasteiger partial charge in [0.25, 0.3) is 0 Å². The molecule has 7 nitrogen and oxygen atoms in total. The van der Waals surface area contributed by atoms with Crippen molar-refractivity contribution in [3.63, 3.8) is 0 Å². The highest BCUT2D eigenvalue weighted by molar-refractivity contribution is 7.98. The monoisotopic (exact) mass is 307 g/mol. The standard InChI is InChI=1S/C13H21N7S/c1-3-20-9-15-16-11(20)8-21-13-18-17-12(19(13)2)10-5-4-6-14-7-10/h9-10,14H,3-8H2,1-2H3. The summed E-state index contributed by atoms with van der Waals surface area (Å²) in [5.41, 5.74) is 0. The van der Waals surface area contributed by atoms with Crippen molar-refractivity contribution in [3.05, 3.63) is 18.0 Å². The maximum Gasteiger partial charge on any atom is 0.191 e. The highest BCUT2D eigenvalue weighted by atomic mass is 32.2. The van der Waals surface area contributed by atoms with Crippen molar-refractivity contribution in [2.45, 2.75) is 43.1 Å². The highest BCUT2D eigenvalue weighted by Gasteiger charge is 2.21. The van der Waals surface area contributed by atoms with Crippen molar-refractivity contribution in [1.29, 1.82) is 0 Å². The fraction of sp³-hybridized carbons (Fsp3) is 0.692. The second-order valence-corrected chi connectivity index (χ2v) is 6.21. The first-order chi connectivity index (χ1) is 10.3. The molecule has 3 heterocycles. The van der Waals surface area contributed by atoms with E-state index in [4.69, 9.17) is 0 Å². The molecule has 0 saturated carbocycles. The topological polar surface area (TPSA) is 73.4 Å². The molecule has 21 heavy (non-hydrogen) atoms. The van der Waals surface area contributed by atoms with Crippen LogP contribution in [0.15, 0.2) is 11.5 Å². The van der Waals surface area contributed by atoms with E-state index in [1.165, 1.54) is 12.8 Å². The van der Waals surface area contributed by atoms with E-state index in [9.17, 15) is 0 Å². The Balaban J connectivity index is 1.67. The Morgan fingerprint density at radius 1 is 1.38 bits per heavy atom. The van der Waals surface area contributed by atoms with E-state index in [1.54, 1.807) is 18.1 Å². The number of hydrogen-bond donors (Lipinski definition) is 1.